The Balaban J connectivity index is 2.22. The van der Waals surface area contributed by atoms with Gasteiger partial charge in [-0.05, 0) is 24.3 Å². The minimum Gasteiger partial charge on any atom is -0.354 e. The second kappa shape index (κ2) is 4.48. The van der Waals surface area contributed by atoms with Crippen LogP contribution in [0.25, 0.3) is 0 Å². The summed E-state index contributed by atoms with van der Waals surface area (Å²) in [5, 5.41) is 17.0. The Kier molecular flexibility index (Phi) is 3.04. The van der Waals surface area contributed by atoms with E-state index in [-0.39, 0.29) is 0 Å². The molecule has 1 saturated heterocycles. The van der Waals surface area contributed by atoms with Crippen molar-refractivity contribution in [2.24, 2.45) is 11.8 Å². The van der Waals surface area contributed by atoms with Crippen molar-refractivity contribution in [3.05, 3.63) is 17.8 Å². The Morgan fingerprint density at radius 1 is 1.44 bits per heavy atom. The second-order valence-electron chi connectivity index (χ2n) is 4.57. The highest BCUT2D eigenvalue weighted by molar-refractivity contribution is 5.52. The summed E-state index contributed by atoms with van der Waals surface area (Å²) in [7, 11) is 0. The lowest BCUT2D eigenvalue weighted by molar-refractivity contribution is 0.322. The van der Waals surface area contributed by atoms with E-state index < -0.39 is 0 Å². The summed E-state index contributed by atoms with van der Waals surface area (Å²) < 4.78 is 0. The number of hydrogen-bond acceptors (Lipinski definition) is 4. The topological polar surface area (TPSA) is 52.8 Å². The molecule has 1 aliphatic heterocycles. The molecule has 0 N–H and O–H groups in total. The summed E-state index contributed by atoms with van der Waals surface area (Å²) in [6, 6.07) is 3.90. The third-order valence-electron chi connectivity index (χ3n) is 3.46. The maximum Gasteiger partial charge on any atom is 0.169 e. The van der Waals surface area contributed by atoms with Gasteiger partial charge in [0.2, 0.25) is 0 Å². The van der Waals surface area contributed by atoms with Crippen LogP contribution in [-0.2, 0) is 0 Å². The van der Waals surface area contributed by atoms with Crippen LogP contribution in [0, 0.1) is 23.2 Å². The molecule has 0 saturated carbocycles. The highest BCUT2D eigenvalue weighted by atomic mass is 15.3. The minimum absolute atomic E-state index is 0.622. The van der Waals surface area contributed by atoms with E-state index in [1.54, 1.807) is 12.3 Å². The van der Waals surface area contributed by atoms with Crippen LogP contribution < -0.4 is 4.90 Å². The molecule has 0 spiro atoms. The van der Waals surface area contributed by atoms with Gasteiger partial charge in [0.25, 0.3) is 0 Å². The zero-order valence-electron chi connectivity index (χ0n) is 9.72. The Morgan fingerprint density at radius 2 is 2.25 bits per heavy atom. The van der Waals surface area contributed by atoms with Gasteiger partial charge < -0.3 is 4.90 Å². The summed E-state index contributed by atoms with van der Waals surface area (Å²) in [4.78, 5) is 2.18. The quantitative estimate of drug-likeness (QED) is 0.718. The molecule has 84 valence electrons. The number of nitriles is 1. The van der Waals surface area contributed by atoms with E-state index in [2.05, 4.69) is 35.0 Å². The van der Waals surface area contributed by atoms with Crippen LogP contribution in [0.5, 0.6) is 0 Å². The van der Waals surface area contributed by atoms with Gasteiger partial charge in [-0.2, -0.15) is 10.4 Å². The minimum atomic E-state index is 0.622. The van der Waals surface area contributed by atoms with E-state index >= 15 is 0 Å². The molecule has 4 nitrogen and oxygen atoms in total. The molecule has 0 aromatic carbocycles. The Morgan fingerprint density at radius 3 is 2.94 bits per heavy atom. The van der Waals surface area contributed by atoms with E-state index in [9.17, 15) is 0 Å². The SMILES string of the molecule is CC1CCN(c2nnccc2C#N)CC1C. The maximum atomic E-state index is 9.02. The molecule has 2 heterocycles. The van der Waals surface area contributed by atoms with Gasteiger partial charge in [0.05, 0.1) is 11.8 Å². The van der Waals surface area contributed by atoms with E-state index in [0.29, 0.717) is 11.5 Å². The van der Waals surface area contributed by atoms with Gasteiger partial charge in [-0.1, -0.05) is 13.8 Å². The first-order valence-electron chi connectivity index (χ1n) is 5.69. The van der Waals surface area contributed by atoms with Crippen LogP contribution >= 0.6 is 0 Å². The number of anilines is 1. The Hall–Kier alpha value is -1.63. The standard InChI is InChI=1S/C12H16N4/c1-9-4-6-16(8-10(9)2)12-11(7-13)3-5-14-15-12/h3,5,9-10H,4,6,8H2,1-2H3. The number of hydrogen-bond donors (Lipinski definition) is 0. The van der Waals surface area contributed by atoms with Gasteiger partial charge >= 0.3 is 0 Å². The third-order valence-corrected chi connectivity index (χ3v) is 3.46. The largest absolute Gasteiger partial charge is 0.354 e. The van der Waals surface area contributed by atoms with Gasteiger partial charge in [0.1, 0.15) is 6.07 Å². The molecular formula is C12H16N4. The first-order valence-corrected chi connectivity index (χ1v) is 5.69. The highest BCUT2D eigenvalue weighted by Crippen LogP contribution is 2.26. The van der Waals surface area contributed by atoms with Crippen molar-refractivity contribution in [3.8, 4) is 6.07 Å². The summed E-state index contributed by atoms with van der Waals surface area (Å²) in [6.45, 7) is 6.47. The summed E-state index contributed by atoms with van der Waals surface area (Å²) >= 11 is 0. The van der Waals surface area contributed by atoms with Gasteiger partial charge in [-0.15, -0.1) is 5.10 Å². The van der Waals surface area contributed by atoms with Gasteiger partial charge in [0, 0.05) is 13.1 Å². The molecule has 4 heteroatoms. The van der Waals surface area contributed by atoms with E-state index in [1.807, 2.05) is 0 Å². The van der Waals surface area contributed by atoms with Crippen LogP contribution in [0.2, 0.25) is 0 Å². The monoisotopic (exact) mass is 216 g/mol. The Labute approximate surface area is 95.9 Å². The lowest BCUT2D eigenvalue weighted by Crippen LogP contribution is -2.39. The van der Waals surface area contributed by atoms with Crippen molar-refractivity contribution >= 4 is 5.82 Å². The van der Waals surface area contributed by atoms with E-state index in [0.717, 1.165) is 31.2 Å². The summed E-state index contributed by atoms with van der Waals surface area (Å²) in [5.41, 5.74) is 0.622. The second-order valence-corrected chi connectivity index (χ2v) is 4.57. The van der Waals surface area contributed by atoms with Crippen LogP contribution in [0.15, 0.2) is 12.3 Å². The van der Waals surface area contributed by atoms with E-state index in [4.69, 9.17) is 5.26 Å². The van der Waals surface area contributed by atoms with E-state index in [1.165, 1.54) is 0 Å². The smallest absolute Gasteiger partial charge is 0.169 e. The Bertz CT molecular complexity index is 410. The first kappa shape index (κ1) is 10.9. The first-order chi connectivity index (χ1) is 7.72. The van der Waals surface area contributed by atoms with Crippen molar-refractivity contribution in [1.29, 1.82) is 5.26 Å². The summed E-state index contributed by atoms with van der Waals surface area (Å²) in [6.07, 6.45) is 2.72. The molecule has 1 aromatic heterocycles. The maximum absolute atomic E-state index is 9.02. The van der Waals surface area contributed by atoms with Crippen molar-refractivity contribution in [2.45, 2.75) is 20.3 Å². The summed E-state index contributed by atoms with van der Waals surface area (Å²) in [5.74, 6) is 2.13. The lowest BCUT2D eigenvalue weighted by Gasteiger charge is -2.35. The predicted octanol–water partition coefficient (Wildman–Crippen LogP) is 1.83. The zero-order valence-corrected chi connectivity index (χ0v) is 9.72. The van der Waals surface area contributed by atoms with Crippen LogP contribution in [0.1, 0.15) is 25.8 Å². The molecule has 0 aliphatic carbocycles. The van der Waals surface area contributed by atoms with Crippen molar-refractivity contribution in [3.63, 3.8) is 0 Å². The zero-order chi connectivity index (χ0) is 11.5. The van der Waals surface area contributed by atoms with Gasteiger partial charge in [-0.3, -0.25) is 0 Å². The molecular weight excluding hydrogens is 200 g/mol. The predicted molar refractivity (Wildman–Crippen MR) is 61.9 cm³/mol. The fourth-order valence-electron chi connectivity index (χ4n) is 2.10. The molecule has 2 atom stereocenters. The molecule has 1 aromatic rings. The van der Waals surface area contributed by atoms with Crippen LogP contribution in [0.4, 0.5) is 5.82 Å². The van der Waals surface area contributed by atoms with Crippen LogP contribution in [-0.4, -0.2) is 23.3 Å². The molecule has 1 fully saturated rings. The lowest BCUT2D eigenvalue weighted by atomic mass is 9.88. The molecule has 0 radical (unpaired) electrons. The molecule has 0 amide bonds. The van der Waals surface area contributed by atoms with Crippen molar-refractivity contribution < 1.29 is 0 Å². The fraction of sp³-hybridized carbons (Fsp3) is 0.583. The average Bonchev–Trinajstić information content (AvgIpc) is 2.32. The fourth-order valence-corrected chi connectivity index (χ4v) is 2.10. The molecule has 0 bridgehead atoms. The molecule has 2 unspecified atom stereocenters. The van der Waals surface area contributed by atoms with Crippen molar-refractivity contribution in [1.82, 2.24) is 10.2 Å². The van der Waals surface area contributed by atoms with Crippen molar-refractivity contribution in [2.75, 3.05) is 18.0 Å². The molecule has 16 heavy (non-hydrogen) atoms. The van der Waals surface area contributed by atoms with Crippen LogP contribution in [0.3, 0.4) is 0 Å². The van der Waals surface area contributed by atoms with Gasteiger partial charge in [0.15, 0.2) is 5.82 Å². The average molecular weight is 216 g/mol. The highest BCUT2D eigenvalue weighted by Gasteiger charge is 2.25. The molecule has 2 rings (SSSR count). The molecule has 1 aliphatic rings. The number of nitrogens with zero attached hydrogens (tertiary/aromatic N) is 4. The number of aromatic nitrogens is 2. The number of rotatable bonds is 1. The number of piperidine rings is 1. The normalized spacial score (nSPS) is 25.2. The van der Waals surface area contributed by atoms with Gasteiger partial charge in [-0.25, -0.2) is 0 Å². The third kappa shape index (κ3) is 1.99.